The number of nitrogens with two attached hydrogens (primary N) is 1. The van der Waals surface area contributed by atoms with Gasteiger partial charge in [0.1, 0.15) is 0 Å². The highest BCUT2D eigenvalue weighted by molar-refractivity contribution is 6.31. The molecule has 1 amide bonds. The lowest BCUT2D eigenvalue weighted by atomic mass is 10.0. The number of anilines is 2. The lowest BCUT2D eigenvalue weighted by Crippen LogP contribution is -2.47. The number of nitrogens with zero attached hydrogens (tertiary/aromatic N) is 3. The topological polar surface area (TPSA) is 62.5 Å². The maximum Gasteiger partial charge on any atom is 0.471 e. The second-order valence-electron chi connectivity index (χ2n) is 8.31. The minimum Gasteiger partial charge on any atom is -0.399 e. The number of carbonyl (C=O) groups excluding carboxylic acids is 1. The van der Waals surface area contributed by atoms with Gasteiger partial charge in [0, 0.05) is 47.3 Å². The van der Waals surface area contributed by atoms with Gasteiger partial charge in [0.2, 0.25) is 0 Å². The fourth-order valence-corrected chi connectivity index (χ4v) is 4.54. The first kappa shape index (κ1) is 23.9. The molecule has 0 spiro atoms. The molecule has 0 saturated carbocycles. The van der Waals surface area contributed by atoms with E-state index in [-0.39, 0.29) is 13.1 Å². The van der Waals surface area contributed by atoms with E-state index in [1.54, 1.807) is 30.5 Å². The molecule has 1 aromatic heterocycles. The van der Waals surface area contributed by atoms with E-state index < -0.39 is 18.1 Å². The third-order valence-electron chi connectivity index (χ3n) is 5.94. The van der Waals surface area contributed by atoms with Crippen molar-refractivity contribution in [3.63, 3.8) is 0 Å². The summed E-state index contributed by atoms with van der Waals surface area (Å²) in [5, 5.41) is 0.312. The van der Waals surface area contributed by atoms with Crippen LogP contribution in [0.25, 0.3) is 0 Å². The minimum atomic E-state index is -4.98. The zero-order valence-electron chi connectivity index (χ0n) is 18.3. The van der Waals surface area contributed by atoms with Crippen molar-refractivity contribution in [1.29, 1.82) is 0 Å². The van der Waals surface area contributed by atoms with Crippen LogP contribution >= 0.6 is 11.6 Å². The standard InChI is InChI=1S/C25H24ClF3N4O/c26-22-7-4-8-23-21(22)16-32(24(34)25(27,28)29)15-20(10-9-17-5-2-1-3-6-17)33(23)14-19-13-18(30)11-12-31-19/h1-8,11-13,20H,9-10,14-16H2,(H2,30,31)/t20-/m0/s1. The summed E-state index contributed by atoms with van der Waals surface area (Å²) in [6.45, 7) is -0.0135. The van der Waals surface area contributed by atoms with Gasteiger partial charge in [-0.25, -0.2) is 0 Å². The van der Waals surface area contributed by atoms with E-state index in [4.69, 9.17) is 17.3 Å². The molecule has 0 saturated heterocycles. The number of benzene rings is 2. The van der Waals surface area contributed by atoms with E-state index in [0.29, 0.717) is 47.0 Å². The molecule has 0 bridgehead atoms. The summed E-state index contributed by atoms with van der Waals surface area (Å²) in [5.74, 6) is -1.87. The van der Waals surface area contributed by atoms with E-state index >= 15 is 0 Å². The molecule has 4 rings (SSSR count). The maximum atomic E-state index is 13.4. The molecule has 178 valence electrons. The molecule has 2 aromatic carbocycles. The van der Waals surface area contributed by atoms with Crippen molar-refractivity contribution in [2.75, 3.05) is 17.2 Å². The molecule has 5 nitrogen and oxygen atoms in total. The Morgan fingerprint density at radius 2 is 1.88 bits per heavy atom. The molecule has 34 heavy (non-hydrogen) atoms. The Labute approximate surface area is 200 Å². The maximum absolute atomic E-state index is 13.4. The lowest BCUT2D eigenvalue weighted by molar-refractivity contribution is -0.186. The highest BCUT2D eigenvalue weighted by Crippen LogP contribution is 2.36. The third kappa shape index (κ3) is 5.44. The van der Waals surface area contributed by atoms with Crippen LogP contribution in [0.15, 0.2) is 66.9 Å². The largest absolute Gasteiger partial charge is 0.471 e. The summed E-state index contributed by atoms with van der Waals surface area (Å²) in [4.78, 5) is 19.6. The number of rotatable bonds is 5. The van der Waals surface area contributed by atoms with Crippen LogP contribution in [0.1, 0.15) is 23.2 Å². The molecule has 2 heterocycles. The lowest BCUT2D eigenvalue weighted by Gasteiger charge is -2.34. The number of nitrogen functional groups attached to an aromatic ring is 1. The van der Waals surface area contributed by atoms with Gasteiger partial charge < -0.3 is 15.5 Å². The highest BCUT2D eigenvalue weighted by Gasteiger charge is 2.44. The van der Waals surface area contributed by atoms with Crippen LogP contribution in [0.2, 0.25) is 5.02 Å². The Hall–Kier alpha value is -3.26. The van der Waals surface area contributed by atoms with E-state index in [1.807, 2.05) is 41.3 Å². The quantitative estimate of drug-likeness (QED) is 0.534. The monoisotopic (exact) mass is 488 g/mol. The molecule has 0 fully saturated rings. The molecule has 0 unspecified atom stereocenters. The summed E-state index contributed by atoms with van der Waals surface area (Å²) in [6.07, 6.45) is -2.22. The van der Waals surface area contributed by atoms with Crippen LogP contribution in [-0.2, 0) is 24.3 Å². The predicted molar refractivity (Wildman–Crippen MR) is 126 cm³/mol. The van der Waals surface area contributed by atoms with Crippen LogP contribution in [0, 0.1) is 0 Å². The molecular formula is C25H24ClF3N4O. The van der Waals surface area contributed by atoms with Crippen LogP contribution in [0.4, 0.5) is 24.5 Å². The number of fused-ring (bicyclic) bond motifs is 1. The van der Waals surface area contributed by atoms with E-state index in [1.165, 1.54) is 0 Å². The van der Waals surface area contributed by atoms with Crippen molar-refractivity contribution in [2.24, 2.45) is 0 Å². The SMILES string of the molecule is Nc1ccnc(CN2c3cccc(Cl)c3CN(C(=O)C(F)(F)F)C[C@@H]2CCc2ccccc2)c1. The van der Waals surface area contributed by atoms with Crippen LogP contribution in [-0.4, -0.2) is 34.6 Å². The number of hydrogen-bond acceptors (Lipinski definition) is 4. The number of pyridine rings is 1. The molecule has 0 aliphatic carbocycles. The van der Waals surface area contributed by atoms with Gasteiger partial charge in [-0.15, -0.1) is 0 Å². The molecule has 3 aromatic rings. The van der Waals surface area contributed by atoms with E-state index in [9.17, 15) is 18.0 Å². The van der Waals surface area contributed by atoms with E-state index in [2.05, 4.69) is 4.98 Å². The van der Waals surface area contributed by atoms with Crippen molar-refractivity contribution in [3.05, 3.63) is 88.7 Å². The average Bonchev–Trinajstić information content (AvgIpc) is 2.95. The van der Waals surface area contributed by atoms with Gasteiger partial charge in [0.25, 0.3) is 0 Å². The van der Waals surface area contributed by atoms with E-state index in [0.717, 1.165) is 10.5 Å². The first-order valence-corrected chi connectivity index (χ1v) is 11.2. The summed E-state index contributed by atoms with van der Waals surface area (Å²) in [6, 6.07) is 17.9. The smallest absolute Gasteiger partial charge is 0.399 e. The highest BCUT2D eigenvalue weighted by atomic mass is 35.5. The first-order valence-electron chi connectivity index (χ1n) is 10.9. The van der Waals surface area contributed by atoms with Crippen LogP contribution in [0.5, 0.6) is 0 Å². The van der Waals surface area contributed by atoms with Crippen molar-refractivity contribution in [1.82, 2.24) is 9.88 Å². The van der Waals surface area contributed by atoms with Gasteiger partial charge in [-0.05, 0) is 42.7 Å². The van der Waals surface area contributed by atoms with Crippen molar-refractivity contribution in [3.8, 4) is 0 Å². The average molecular weight is 489 g/mol. The molecular weight excluding hydrogens is 465 g/mol. The summed E-state index contributed by atoms with van der Waals surface area (Å²) < 4.78 is 40.3. The number of carbonyl (C=O) groups is 1. The van der Waals surface area contributed by atoms with Gasteiger partial charge in [0.15, 0.2) is 0 Å². The van der Waals surface area contributed by atoms with Crippen molar-refractivity contribution < 1.29 is 18.0 Å². The Kier molecular flexibility index (Phi) is 6.97. The number of aromatic nitrogens is 1. The molecule has 2 N–H and O–H groups in total. The zero-order valence-corrected chi connectivity index (χ0v) is 19.1. The number of hydrogen-bond donors (Lipinski definition) is 1. The van der Waals surface area contributed by atoms with Gasteiger partial charge in [-0.3, -0.25) is 9.78 Å². The second kappa shape index (κ2) is 9.93. The molecule has 0 radical (unpaired) electrons. The Balaban J connectivity index is 1.75. The Bertz CT molecular complexity index is 1160. The second-order valence-corrected chi connectivity index (χ2v) is 8.71. The zero-order chi connectivity index (χ0) is 24.3. The summed E-state index contributed by atoms with van der Waals surface area (Å²) in [7, 11) is 0. The van der Waals surface area contributed by atoms with Gasteiger partial charge in [-0.2, -0.15) is 13.2 Å². The number of amides is 1. The third-order valence-corrected chi connectivity index (χ3v) is 6.29. The van der Waals surface area contributed by atoms with Crippen LogP contribution in [0.3, 0.4) is 0 Å². The Morgan fingerprint density at radius 3 is 2.59 bits per heavy atom. The summed E-state index contributed by atoms with van der Waals surface area (Å²) >= 11 is 6.43. The van der Waals surface area contributed by atoms with Crippen molar-refractivity contribution >= 4 is 28.9 Å². The molecule has 1 atom stereocenters. The molecule has 1 aliphatic heterocycles. The number of halogens is 4. The first-order chi connectivity index (χ1) is 16.2. The fourth-order valence-electron chi connectivity index (χ4n) is 4.31. The normalized spacial score (nSPS) is 16.2. The predicted octanol–water partition coefficient (Wildman–Crippen LogP) is 5.23. The Morgan fingerprint density at radius 1 is 1.12 bits per heavy atom. The fraction of sp³-hybridized carbons (Fsp3) is 0.280. The van der Waals surface area contributed by atoms with Gasteiger partial charge >= 0.3 is 12.1 Å². The van der Waals surface area contributed by atoms with Crippen LogP contribution < -0.4 is 10.6 Å². The molecule has 1 aliphatic rings. The molecule has 9 heteroatoms. The van der Waals surface area contributed by atoms with Gasteiger partial charge in [0.05, 0.1) is 12.2 Å². The van der Waals surface area contributed by atoms with Gasteiger partial charge in [-0.1, -0.05) is 48.0 Å². The minimum absolute atomic E-state index is 0.0987. The number of alkyl halides is 3. The number of aryl methyl sites for hydroxylation is 1. The van der Waals surface area contributed by atoms with Crippen molar-refractivity contribution in [2.45, 2.75) is 38.1 Å². The summed E-state index contributed by atoms with van der Waals surface area (Å²) in [5.41, 5.74) is 9.38.